The van der Waals surface area contributed by atoms with Gasteiger partial charge in [0.2, 0.25) is 0 Å². The van der Waals surface area contributed by atoms with Gasteiger partial charge in [-0.1, -0.05) is 0 Å². The lowest BCUT2D eigenvalue weighted by Gasteiger charge is -2.24. The average molecular weight is 332 g/mol. The minimum atomic E-state index is -0.430. The molecule has 6 nitrogen and oxygen atoms in total. The van der Waals surface area contributed by atoms with Gasteiger partial charge in [-0.15, -0.1) is 24.8 Å². The van der Waals surface area contributed by atoms with Crippen LogP contribution in [0.25, 0.3) is 5.82 Å². The van der Waals surface area contributed by atoms with Gasteiger partial charge >= 0.3 is 0 Å². The zero-order valence-corrected chi connectivity index (χ0v) is 13.4. The highest BCUT2D eigenvalue weighted by molar-refractivity contribution is 5.94. The van der Waals surface area contributed by atoms with Gasteiger partial charge in [-0.25, -0.2) is 9.97 Å². The molecule has 1 amide bonds. The van der Waals surface area contributed by atoms with Gasteiger partial charge in [0.1, 0.15) is 12.1 Å². The smallest absolute Gasteiger partial charge is 0.253 e. The Hall–Kier alpha value is -1.63. The number of pyridine rings is 1. The monoisotopic (exact) mass is 331 g/mol. The summed E-state index contributed by atoms with van der Waals surface area (Å²) in [5, 5.41) is 2.85. The van der Waals surface area contributed by atoms with Crippen LogP contribution in [-0.2, 0) is 0 Å². The van der Waals surface area contributed by atoms with Crippen LogP contribution in [0.1, 0.15) is 24.2 Å². The molecule has 0 unspecified atom stereocenters. The number of imidazole rings is 1. The van der Waals surface area contributed by atoms with E-state index in [1.807, 2.05) is 13.8 Å². The lowest BCUT2D eigenvalue weighted by atomic mass is 10.1. The van der Waals surface area contributed by atoms with Crippen molar-refractivity contribution in [2.75, 3.05) is 6.54 Å². The molecule has 0 spiro atoms. The Balaban J connectivity index is 0.00000200. The molecule has 0 fully saturated rings. The molecule has 116 valence electrons. The molecular weight excluding hydrogens is 313 g/mol. The van der Waals surface area contributed by atoms with Gasteiger partial charge in [-0.2, -0.15) is 0 Å². The molecule has 0 aromatic carbocycles. The molecule has 2 aromatic heterocycles. The number of carbonyl (C=O) groups is 1. The molecule has 8 heteroatoms. The first-order valence-electron chi connectivity index (χ1n) is 5.99. The summed E-state index contributed by atoms with van der Waals surface area (Å²) in [6.45, 7) is 4.12. The fraction of sp³-hybridized carbons (Fsp3) is 0.308. The second-order valence-electron chi connectivity index (χ2n) is 4.92. The van der Waals surface area contributed by atoms with Crippen molar-refractivity contribution >= 4 is 30.7 Å². The van der Waals surface area contributed by atoms with Crippen molar-refractivity contribution in [3.63, 3.8) is 0 Å². The van der Waals surface area contributed by atoms with E-state index in [2.05, 4.69) is 15.3 Å². The number of nitrogens with one attached hydrogen (secondary N) is 1. The van der Waals surface area contributed by atoms with Crippen molar-refractivity contribution in [1.29, 1.82) is 0 Å². The number of carbonyl (C=O) groups excluding carboxylic acids is 1. The lowest BCUT2D eigenvalue weighted by molar-refractivity contribution is 0.0915. The summed E-state index contributed by atoms with van der Waals surface area (Å²) in [4.78, 5) is 20.2. The number of nitrogens with zero attached hydrogens (tertiary/aromatic N) is 3. The quantitative estimate of drug-likeness (QED) is 0.890. The summed E-state index contributed by atoms with van der Waals surface area (Å²) < 4.78 is 1.77. The molecule has 0 saturated heterocycles. The third kappa shape index (κ3) is 5.00. The summed E-state index contributed by atoms with van der Waals surface area (Å²) in [5.74, 6) is 0.535. The number of nitrogens with two attached hydrogens (primary N) is 1. The number of hydrogen-bond donors (Lipinski definition) is 2. The first-order valence-corrected chi connectivity index (χ1v) is 5.99. The SMILES string of the molecule is CC(C)(CN)NC(=O)c1ccc(-n2ccnc2)nc1.Cl.Cl. The topological polar surface area (TPSA) is 85.8 Å². The van der Waals surface area contributed by atoms with Crippen LogP contribution >= 0.6 is 24.8 Å². The third-order valence-corrected chi connectivity index (χ3v) is 2.74. The van der Waals surface area contributed by atoms with Gasteiger partial charge in [0.25, 0.3) is 5.91 Å². The predicted molar refractivity (Wildman–Crippen MR) is 86.5 cm³/mol. The number of aromatic nitrogens is 3. The molecule has 2 rings (SSSR count). The van der Waals surface area contributed by atoms with Crippen molar-refractivity contribution in [2.24, 2.45) is 5.73 Å². The van der Waals surface area contributed by atoms with Gasteiger partial charge in [0.15, 0.2) is 0 Å². The minimum absolute atomic E-state index is 0. The largest absolute Gasteiger partial charge is 0.346 e. The van der Waals surface area contributed by atoms with Crippen LogP contribution in [0.15, 0.2) is 37.1 Å². The van der Waals surface area contributed by atoms with E-state index in [0.29, 0.717) is 17.9 Å². The van der Waals surface area contributed by atoms with Crippen LogP contribution < -0.4 is 11.1 Å². The van der Waals surface area contributed by atoms with Gasteiger partial charge < -0.3 is 11.1 Å². The first kappa shape index (κ1) is 19.4. The van der Waals surface area contributed by atoms with Crippen molar-refractivity contribution in [1.82, 2.24) is 19.9 Å². The van der Waals surface area contributed by atoms with Crippen LogP contribution in [0.4, 0.5) is 0 Å². The van der Waals surface area contributed by atoms with Crippen molar-refractivity contribution in [3.8, 4) is 5.82 Å². The van der Waals surface area contributed by atoms with Crippen LogP contribution in [0.3, 0.4) is 0 Å². The maximum Gasteiger partial charge on any atom is 0.253 e. The number of halogens is 2. The fourth-order valence-electron chi connectivity index (χ4n) is 1.50. The zero-order chi connectivity index (χ0) is 13.9. The molecule has 0 saturated carbocycles. The van der Waals surface area contributed by atoms with Gasteiger partial charge in [0, 0.05) is 30.7 Å². The van der Waals surface area contributed by atoms with Crippen LogP contribution in [0, 0.1) is 0 Å². The normalized spacial score (nSPS) is 10.2. The third-order valence-electron chi connectivity index (χ3n) is 2.74. The predicted octanol–water partition coefficient (Wildman–Crippen LogP) is 1.58. The highest BCUT2D eigenvalue weighted by atomic mass is 35.5. The highest BCUT2D eigenvalue weighted by Crippen LogP contribution is 2.07. The fourth-order valence-corrected chi connectivity index (χ4v) is 1.50. The molecule has 21 heavy (non-hydrogen) atoms. The molecular formula is C13H19Cl2N5O. The Morgan fingerprint density at radius 2 is 2.10 bits per heavy atom. The maximum atomic E-state index is 12.0. The van der Waals surface area contributed by atoms with Crippen molar-refractivity contribution < 1.29 is 4.79 Å². The van der Waals surface area contributed by atoms with Gasteiger partial charge in [0.05, 0.1) is 5.56 Å². The molecule has 0 atom stereocenters. The van der Waals surface area contributed by atoms with Crippen molar-refractivity contribution in [2.45, 2.75) is 19.4 Å². The van der Waals surface area contributed by atoms with E-state index in [1.54, 1.807) is 35.4 Å². The molecule has 0 aliphatic heterocycles. The molecule has 3 N–H and O–H groups in total. The average Bonchev–Trinajstić information content (AvgIpc) is 2.92. The van der Waals surface area contributed by atoms with E-state index in [-0.39, 0.29) is 30.7 Å². The van der Waals surface area contributed by atoms with E-state index < -0.39 is 5.54 Å². The molecule has 0 aliphatic rings. The molecule has 0 aliphatic carbocycles. The number of amides is 1. The second kappa shape index (κ2) is 7.97. The maximum absolute atomic E-state index is 12.0. The van der Waals surface area contributed by atoms with Crippen molar-refractivity contribution in [3.05, 3.63) is 42.6 Å². The Labute approximate surface area is 136 Å². The minimum Gasteiger partial charge on any atom is -0.346 e. The number of rotatable bonds is 4. The summed E-state index contributed by atoms with van der Waals surface area (Å²) in [7, 11) is 0. The number of hydrogen-bond acceptors (Lipinski definition) is 4. The summed E-state index contributed by atoms with van der Waals surface area (Å²) in [6.07, 6.45) is 6.66. The zero-order valence-electron chi connectivity index (χ0n) is 11.8. The molecule has 0 radical (unpaired) electrons. The van der Waals surface area contributed by atoms with Crippen LogP contribution in [0.5, 0.6) is 0 Å². The summed E-state index contributed by atoms with van der Waals surface area (Å²) >= 11 is 0. The Morgan fingerprint density at radius 1 is 1.38 bits per heavy atom. The Kier molecular flexibility index (Phi) is 7.35. The lowest BCUT2D eigenvalue weighted by Crippen LogP contribution is -2.48. The second-order valence-corrected chi connectivity index (χ2v) is 4.92. The van der Waals surface area contributed by atoms with Crippen LogP contribution in [-0.4, -0.2) is 32.5 Å². The van der Waals surface area contributed by atoms with E-state index >= 15 is 0 Å². The van der Waals surface area contributed by atoms with E-state index in [4.69, 9.17) is 5.73 Å². The highest BCUT2D eigenvalue weighted by Gasteiger charge is 2.19. The Morgan fingerprint density at radius 3 is 2.57 bits per heavy atom. The standard InChI is InChI=1S/C13H17N5O.2ClH/c1-13(2,8-14)17-12(19)10-3-4-11(16-7-10)18-6-5-15-9-18;;/h3-7,9H,8,14H2,1-2H3,(H,17,19);2*1H. The summed E-state index contributed by atoms with van der Waals surface area (Å²) in [5.41, 5.74) is 5.65. The molecule has 2 aromatic rings. The molecule has 2 heterocycles. The van der Waals surface area contributed by atoms with Gasteiger partial charge in [-0.3, -0.25) is 9.36 Å². The van der Waals surface area contributed by atoms with Crippen LogP contribution in [0.2, 0.25) is 0 Å². The summed E-state index contributed by atoms with van der Waals surface area (Å²) in [6, 6.07) is 3.50. The first-order chi connectivity index (χ1) is 9.02. The van der Waals surface area contributed by atoms with Gasteiger partial charge in [-0.05, 0) is 26.0 Å². The van der Waals surface area contributed by atoms with E-state index in [1.165, 1.54) is 6.20 Å². The van der Waals surface area contributed by atoms with E-state index in [9.17, 15) is 4.79 Å². The van der Waals surface area contributed by atoms with E-state index in [0.717, 1.165) is 0 Å². The molecule has 0 bridgehead atoms. The Bertz CT molecular complexity index is 554.